The van der Waals surface area contributed by atoms with Crippen molar-refractivity contribution >= 4 is 37.5 Å². The van der Waals surface area contributed by atoms with E-state index in [1.807, 2.05) is 6.07 Å². The molecule has 2 aliphatic heterocycles. The second kappa shape index (κ2) is 11.6. The third kappa shape index (κ3) is 6.77. The summed E-state index contributed by atoms with van der Waals surface area (Å²) in [6.07, 6.45) is 14.5. The van der Waals surface area contributed by atoms with Gasteiger partial charge in [0.05, 0.1) is 0 Å². The Morgan fingerprint density at radius 3 is 1.67 bits per heavy atom. The van der Waals surface area contributed by atoms with Crippen molar-refractivity contribution in [2.45, 2.75) is 86.6 Å². The predicted molar refractivity (Wildman–Crippen MR) is 122 cm³/mol. The molecule has 2 atom stereocenters. The van der Waals surface area contributed by atoms with Gasteiger partial charge in [-0.3, -0.25) is 0 Å². The Labute approximate surface area is 177 Å². The first-order valence-electron chi connectivity index (χ1n) is 10.9. The van der Waals surface area contributed by atoms with Gasteiger partial charge in [-0.15, -0.1) is 13.1 Å². The minimum atomic E-state index is -3.02. The molecule has 4 rings (SSSR count). The summed E-state index contributed by atoms with van der Waals surface area (Å²) in [6.45, 7) is 2.19. The zero-order valence-electron chi connectivity index (χ0n) is 16.5. The quantitative estimate of drug-likeness (QED) is 0.388. The molecule has 27 heavy (non-hydrogen) atoms. The summed E-state index contributed by atoms with van der Waals surface area (Å²) in [5, 5.41) is 9.32. The molecule has 5 heteroatoms. The average molecular weight is 516 g/mol. The number of piperidine rings is 2. The Hall–Kier alpha value is 0.519. The number of rotatable bonds is 3. The van der Waals surface area contributed by atoms with Crippen LogP contribution in [0.2, 0.25) is 3.93 Å². The third-order valence-electron chi connectivity index (χ3n) is 6.26. The summed E-state index contributed by atoms with van der Waals surface area (Å²) in [6, 6.07) is 11.6. The molecule has 1 saturated carbocycles. The van der Waals surface area contributed by atoms with Gasteiger partial charge >= 0.3 is 104 Å². The van der Waals surface area contributed by atoms with E-state index < -0.39 is 16.1 Å². The molecular weight excluding hydrogens is 482 g/mol. The van der Waals surface area contributed by atoms with Gasteiger partial charge in [0.2, 0.25) is 0 Å². The van der Waals surface area contributed by atoms with Crippen LogP contribution in [0.4, 0.5) is 0 Å². The monoisotopic (exact) mass is 516 g/mol. The van der Waals surface area contributed by atoms with Crippen LogP contribution in [0.1, 0.15) is 70.6 Å². The van der Waals surface area contributed by atoms with Crippen LogP contribution in [-0.4, -0.2) is 41.3 Å². The summed E-state index contributed by atoms with van der Waals surface area (Å²) in [5.74, 6) is 0. The van der Waals surface area contributed by atoms with Crippen LogP contribution in [0.25, 0.3) is 10.6 Å². The fourth-order valence-corrected chi connectivity index (χ4v) is 15.6. The van der Waals surface area contributed by atoms with E-state index in [0.29, 0.717) is 16.0 Å². The second-order valence-electron chi connectivity index (χ2n) is 8.26. The molecule has 0 amide bonds. The van der Waals surface area contributed by atoms with Crippen LogP contribution >= 0.6 is 17.8 Å². The Morgan fingerprint density at radius 1 is 0.667 bits per heavy atom. The second-order valence-corrected chi connectivity index (χ2v) is 25.1. The molecule has 0 N–H and O–H groups in total. The van der Waals surface area contributed by atoms with Gasteiger partial charge in [-0.2, -0.15) is 12.1 Å². The van der Waals surface area contributed by atoms with Crippen molar-refractivity contribution in [3.05, 3.63) is 41.0 Å². The Kier molecular flexibility index (Phi) is 9.57. The van der Waals surface area contributed by atoms with Gasteiger partial charge in [0.15, 0.2) is 0 Å². The summed E-state index contributed by atoms with van der Waals surface area (Å²) < 4.78 is 1.88. The van der Waals surface area contributed by atoms with Gasteiger partial charge in [-0.25, -0.2) is 0 Å². The number of halogens is 2. The normalized spacial score (nSPS) is 27.5. The molecular formula is C22H34Cl2N2Sn-2. The van der Waals surface area contributed by atoms with E-state index in [2.05, 4.69) is 34.9 Å². The van der Waals surface area contributed by atoms with E-state index >= 15 is 0 Å². The zero-order valence-corrected chi connectivity index (χ0v) is 20.8. The first-order valence-corrected chi connectivity index (χ1v) is 21.2. The van der Waals surface area contributed by atoms with Gasteiger partial charge in [0.25, 0.3) is 0 Å². The molecule has 0 spiro atoms. The van der Waals surface area contributed by atoms with Crippen LogP contribution in [0.3, 0.4) is 0 Å². The Balaban J connectivity index is 0.000000159. The number of nitrogens with zero attached hydrogens (tertiary/aromatic N) is 2. The minimum absolute atomic E-state index is 0.596. The topological polar surface area (TPSA) is 28.2 Å². The molecule has 2 nitrogen and oxygen atoms in total. The van der Waals surface area contributed by atoms with Crippen molar-refractivity contribution in [3.63, 3.8) is 0 Å². The average Bonchev–Trinajstić information content (AvgIpc) is 2.77. The third-order valence-corrected chi connectivity index (χ3v) is 21.1. The molecule has 1 aliphatic carbocycles. The maximum absolute atomic E-state index is 6.72. The van der Waals surface area contributed by atoms with Crippen LogP contribution in [-0.2, 0) is 0 Å². The summed E-state index contributed by atoms with van der Waals surface area (Å²) in [7, 11) is 13.4. The summed E-state index contributed by atoms with van der Waals surface area (Å²) in [5.41, 5.74) is 0. The van der Waals surface area contributed by atoms with E-state index in [1.165, 1.54) is 74.2 Å². The van der Waals surface area contributed by atoms with Gasteiger partial charge in [-0.1, -0.05) is 38.5 Å². The van der Waals surface area contributed by atoms with Crippen LogP contribution < -0.4 is 3.58 Å². The fraction of sp³-hybridized carbons (Fsp3) is 0.727. The van der Waals surface area contributed by atoms with Gasteiger partial charge in [0.1, 0.15) is 0 Å². The maximum atomic E-state index is 6.72. The first kappa shape index (κ1) is 22.2. The zero-order chi connectivity index (χ0) is 19.0. The van der Waals surface area contributed by atoms with E-state index in [-0.39, 0.29) is 0 Å². The predicted octanol–water partition coefficient (Wildman–Crippen LogP) is 6.99. The molecule has 152 valence electrons. The summed E-state index contributed by atoms with van der Waals surface area (Å²) in [4.78, 5) is 0. The van der Waals surface area contributed by atoms with Crippen LogP contribution in [0.15, 0.2) is 30.3 Å². The molecule has 0 bridgehead atoms. The molecule has 3 aliphatic rings. The Morgan fingerprint density at radius 2 is 1.19 bits per heavy atom. The summed E-state index contributed by atoms with van der Waals surface area (Å²) >= 11 is -3.02. The van der Waals surface area contributed by atoms with E-state index in [0.717, 1.165) is 13.1 Å². The van der Waals surface area contributed by atoms with E-state index in [9.17, 15) is 0 Å². The molecule has 2 saturated heterocycles. The molecule has 2 heterocycles. The van der Waals surface area contributed by atoms with Crippen LogP contribution in [0, 0.1) is 0 Å². The fourth-order valence-electron chi connectivity index (χ4n) is 4.62. The van der Waals surface area contributed by atoms with Crippen molar-refractivity contribution < 1.29 is 0 Å². The van der Waals surface area contributed by atoms with Crippen molar-refractivity contribution in [3.8, 4) is 0 Å². The van der Waals surface area contributed by atoms with Crippen molar-refractivity contribution in [1.82, 2.24) is 0 Å². The van der Waals surface area contributed by atoms with E-state index in [1.54, 1.807) is 0 Å². The van der Waals surface area contributed by atoms with Crippen molar-refractivity contribution in [2.24, 2.45) is 0 Å². The molecule has 0 radical (unpaired) electrons. The number of benzene rings is 1. The molecule has 0 aromatic heterocycles. The van der Waals surface area contributed by atoms with Gasteiger partial charge in [-0.05, 0) is 0 Å². The molecule has 1 aromatic carbocycles. The number of hydrogen-bond donors (Lipinski definition) is 0. The van der Waals surface area contributed by atoms with Crippen molar-refractivity contribution in [2.75, 3.05) is 13.1 Å². The SMILES string of the molecule is C1CCC(C2CCCC[N-]2)[N-]C1.[Cl][Sn]([Cl])([c]1ccccc1)[CH]1CCCCC1. The van der Waals surface area contributed by atoms with Gasteiger partial charge in [0, 0.05) is 0 Å². The first-order chi connectivity index (χ1) is 13.2. The molecule has 3 fully saturated rings. The molecule has 1 aromatic rings. The Bertz CT molecular complexity index is 506. The standard InChI is InChI=1S/C10H18N2.C6H11.C6H5.2ClH.Sn/c1-3-7-11-9(5-1)10-6-2-4-8-12-10;2*1-2-4-6-5-3-1;;;/h9-10H,1-8H2;1H,2-6H2;1-5H;2*1H;/q-2;;;;;+2/p-2. The van der Waals surface area contributed by atoms with E-state index in [4.69, 9.17) is 17.8 Å². The molecule has 2 unspecified atom stereocenters. The number of hydrogen-bond acceptors (Lipinski definition) is 0. The van der Waals surface area contributed by atoms with Crippen molar-refractivity contribution in [1.29, 1.82) is 0 Å². The van der Waals surface area contributed by atoms with Gasteiger partial charge < -0.3 is 10.6 Å². The van der Waals surface area contributed by atoms with Crippen LogP contribution in [0.5, 0.6) is 0 Å².